The van der Waals surface area contributed by atoms with E-state index in [1.54, 1.807) is 12.1 Å². The minimum Gasteiger partial charge on any atom is -0.490 e. The highest BCUT2D eigenvalue weighted by Crippen LogP contribution is 2.27. The molecule has 0 heterocycles. The summed E-state index contributed by atoms with van der Waals surface area (Å²) in [6.07, 6.45) is 1.27. The van der Waals surface area contributed by atoms with Gasteiger partial charge >= 0.3 is 0 Å². The van der Waals surface area contributed by atoms with E-state index in [-0.39, 0.29) is 6.10 Å². The van der Waals surface area contributed by atoms with Crippen LogP contribution in [-0.4, -0.2) is 18.7 Å². The van der Waals surface area contributed by atoms with Gasteiger partial charge in [0.05, 0.1) is 17.2 Å². The number of halogens is 1. The van der Waals surface area contributed by atoms with Crippen LogP contribution in [-0.2, 0) is 0 Å². The fourth-order valence-corrected chi connectivity index (χ4v) is 1.68. The molecule has 80 valence electrons. The van der Waals surface area contributed by atoms with Crippen molar-refractivity contribution in [3.05, 3.63) is 27.7 Å². The monoisotopic (exact) mass is 270 g/mol. The average molecular weight is 271 g/mol. The second-order valence-electron chi connectivity index (χ2n) is 3.32. The molecule has 0 radical (unpaired) electrons. The van der Waals surface area contributed by atoms with Gasteiger partial charge in [-0.25, -0.2) is 0 Å². The van der Waals surface area contributed by atoms with Crippen LogP contribution < -0.4 is 4.74 Å². The zero-order chi connectivity index (χ0) is 11.4. The van der Waals surface area contributed by atoms with Gasteiger partial charge in [-0.2, -0.15) is 0 Å². The normalized spacial score (nSPS) is 10.1. The topological polar surface area (TPSA) is 43.4 Å². The van der Waals surface area contributed by atoms with Gasteiger partial charge < -0.3 is 4.74 Å². The minimum absolute atomic E-state index is 0.0800. The first kappa shape index (κ1) is 11.9. The van der Waals surface area contributed by atoms with Gasteiger partial charge in [0.25, 0.3) is 0 Å². The molecule has 1 aromatic carbocycles. The fourth-order valence-electron chi connectivity index (χ4n) is 1.18. The van der Waals surface area contributed by atoms with E-state index >= 15 is 0 Å². The van der Waals surface area contributed by atoms with Crippen LogP contribution in [0, 0.1) is 0 Å². The maximum atomic E-state index is 10.8. The molecule has 0 atom stereocenters. The molecule has 0 saturated heterocycles. The van der Waals surface area contributed by atoms with Crippen molar-refractivity contribution in [3.63, 3.8) is 0 Å². The van der Waals surface area contributed by atoms with E-state index in [0.717, 1.165) is 0 Å². The number of carbonyl (C=O) groups is 2. The molecular formula is C11H11BrO3. The number of hydrogen-bond donors (Lipinski definition) is 0. The van der Waals surface area contributed by atoms with E-state index in [1.807, 2.05) is 13.8 Å². The Kier molecular flexibility index (Phi) is 4.03. The summed E-state index contributed by atoms with van der Waals surface area (Å²) in [5.41, 5.74) is 0.750. The van der Waals surface area contributed by atoms with E-state index in [9.17, 15) is 9.59 Å². The maximum Gasteiger partial charge on any atom is 0.153 e. The highest BCUT2D eigenvalue weighted by Gasteiger charge is 2.12. The standard InChI is InChI=1S/C11H11BrO3/c1-7(2)15-11-8(5-13)3-10(12)4-9(11)6-14/h3-7H,1-2H3. The van der Waals surface area contributed by atoms with Gasteiger partial charge in [0.1, 0.15) is 5.75 Å². The number of hydrogen-bond acceptors (Lipinski definition) is 3. The zero-order valence-electron chi connectivity index (χ0n) is 8.49. The van der Waals surface area contributed by atoms with Crippen LogP contribution in [0.2, 0.25) is 0 Å². The Labute approximate surface area is 96.6 Å². The molecule has 3 nitrogen and oxygen atoms in total. The summed E-state index contributed by atoms with van der Waals surface area (Å²) in [6.45, 7) is 3.68. The van der Waals surface area contributed by atoms with E-state index in [0.29, 0.717) is 33.9 Å². The van der Waals surface area contributed by atoms with Gasteiger partial charge in [0, 0.05) is 4.47 Å². The van der Waals surface area contributed by atoms with Gasteiger partial charge in [0.2, 0.25) is 0 Å². The number of ether oxygens (including phenoxy) is 1. The number of rotatable bonds is 4. The first-order chi connectivity index (χ1) is 7.08. The third kappa shape index (κ3) is 2.89. The highest BCUT2D eigenvalue weighted by atomic mass is 79.9. The molecule has 4 heteroatoms. The molecule has 0 bridgehead atoms. The lowest BCUT2D eigenvalue weighted by atomic mass is 10.1. The second kappa shape index (κ2) is 5.07. The molecule has 0 spiro atoms. The SMILES string of the molecule is CC(C)Oc1c(C=O)cc(Br)cc1C=O. The molecule has 0 fully saturated rings. The average Bonchev–Trinajstić information content (AvgIpc) is 2.19. The van der Waals surface area contributed by atoms with E-state index < -0.39 is 0 Å². The maximum absolute atomic E-state index is 10.8. The van der Waals surface area contributed by atoms with Crippen LogP contribution in [0.15, 0.2) is 16.6 Å². The largest absolute Gasteiger partial charge is 0.490 e. The van der Waals surface area contributed by atoms with Crippen molar-refractivity contribution in [2.45, 2.75) is 20.0 Å². The fraction of sp³-hybridized carbons (Fsp3) is 0.273. The third-order valence-electron chi connectivity index (χ3n) is 1.72. The molecule has 0 unspecified atom stereocenters. The van der Waals surface area contributed by atoms with Crippen LogP contribution in [0.25, 0.3) is 0 Å². The lowest BCUT2D eigenvalue weighted by molar-refractivity contribution is 0.111. The number of aldehydes is 2. The van der Waals surface area contributed by atoms with Crippen molar-refractivity contribution in [3.8, 4) is 5.75 Å². The summed E-state index contributed by atoms with van der Waals surface area (Å²) in [5.74, 6) is 0.346. The lowest BCUT2D eigenvalue weighted by Crippen LogP contribution is -2.09. The molecule has 0 aliphatic heterocycles. The predicted octanol–water partition coefficient (Wildman–Crippen LogP) is 2.86. The van der Waals surface area contributed by atoms with E-state index in [4.69, 9.17) is 4.74 Å². The molecule has 0 aliphatic rings. The van der Waals surface area contributed by atoms with Gasteiger partial charge in [0.15, 0.2) is 12.6 Å². The lowest BCUT2D eigenvalue weighted by Gasteiger charge is -2.13. The Morgan fingerprint density at radius 2 is 1.67 bits per heavy atom. The summed E-state index contributed by atoms with van der Waals surface area (Å²) < 4.78 is 6.11. The van der Waals surface area contributed by atoms with Crippen molar-refractivity contribution in [2.24, 2.45) is 0 Å². The Hall–Kier alpha value is -1.16. The molecule has 15 heavy (non-hydrogen) atoms. The van der Waals surface area contributed by atoms with Gasteiger partial charge in [-0.1, -0.05) is 15.9 Å². The zero-order valence-corrected chi connectivity index (χ0v) is 10.1. The molecule has 0 aliphatic carbocycles. The van der Waals surface area contributed by atoms with Crippen LogP contribution in [0.1, 0.15) is 34.6 Å². The van der Waals surface area contributed by atoms with Crippen molar-refractivity contribution in [1.29, 1.82) is 0 Å². The first-order valence-corrected chi connectivity index (χ1v) is 5.28. The summed E-state index contributed by atoms with van der Waals surface area (Å²) >= 11 is 3.22. The summed E-state index contributed by atoms with van der Waals surface area (Å²) in [5, 5.41) is 0. The van der Waals surface area contributed by atoms with Crippen molar-refractivity contribution < 1.29 is 14.3 Å². The van der Waals surface area contributed by atoms with Gasteiger partial charge in [-0.3, -0.25) is 9.59 Å². The van der Waals surface area contributed by atoms with Crippen LogP contribution in [0.3, 0.4) is 0 Å². The van der Waals surface area contributed by atoms with Crippen molar-refractivity contribution in [1.82, 2.24) is 0 Å². The van der Waals surface area contributed by atoms with Crippen LogP contribution in [0.4, 0.5) is 0 Å². The van der Waals surface area contributed by atoms with Gasteiger partial charge in [-0.15, -0.1) is 0 Å². The number of carbonyl (C=O) groups excluding carboxylic acids is 2. The predicted molar refractivity (Wildman–Crippen MR) is 60.7 cm³/mol. The van der Waals surface area contributed by atoms with Crippen LogP contribution >= 0.6 is 15.9 Å². The molecule has 0 aromatic heterocycles. The van der Waals surface area contributed by atoms with Gasteiger partial charge in [-0.05, 0) is 26.0 Å². The number of benzene rings is 1. The van der Waals surface area contributed by atoms with E-state index in [1.165, 1.54) is 0 Å². The Morgan fingerprint density at radius 3 is 2.00 bits per heavy atom. The summed E-state index contributed by atoms with van der Waals surface area (Å²) in [7, 11) is 0. The molecule has 1 rings (SSSR count). The Bertz CT molecular complexity index is 356. The quantitative estimate of drug-likeness (QED) is 0.791. The third-order valence-corrected chi connectivity index (χ3v) is 2.18. The first-order valence-electron chi connectivity index (χ1n) is 4.49. The smallest absolute Gasteiger partial charge is 0.153 e. The highest BCUT2D eigenvalue weighted by molar-refractivity contribution is 9.10. The minimum atomic E-state index is -0.0800. The molecule has 0 N–H and O–H groups in total. The Morgan fingerprint density at radius 1 is 1.20 bits per heavy atom. The summed E-state index contributed by atoms with van der Waals surface area (Å²) in [6, 6.07) is 3.25. The molecule has 1 aromatic rings. The molecule has 0 saturated carbocycles. The second-order valence-corrected chi connectivity index (χ2v) is 4.23. The van der Waals surface area contributed by atoms with Crippen molar-refractivity contribution in [2.75, 3.05) is 0 Å². The Balaban J connectivity index is 3.29. The van der Waals surface area contributed by atoms with Crippen molar-refractivity contribution >= 4 is 28.5 Å². The molecule has 0 amide bonds. The van der Waals surface area contributed by atoms with Crippen LogP contribution in [0.5, 0.6) is 5.75 Å². The van der Waals surface area contributed by atoms with E-state index in [2.05, 4.69) is 15.9 Å². The molecular weight excluding hydrogens is 260 g/mol. The summed E-state index contributed by atoms with van der Waals surface area (Å²) in [4.78, 5) is 21.6.